The standard InChI is InChI=1S/C12H14F3N3O2/c13-12(14,15)9-20-6-4-18(3-5-19)11-2-1-10(7-16)8-17-11/h1-2,8,19H,3-6,9H2. The van der Waals surface area contributed by atoms with E-state index < -0.39 is 12.8 Å². The molecule has 0 aromatic carbocycles. The third-order valence-electron chi connectivity index (χ3n) is 2.34. The lowest BCUT2D eigenvalue weighted by Crippen LogP contribution is -2.32. The molecule has 0 atom stereocenters. The number of aliphatic hydroxyl groups is 1. The molecular weight excluding hydrogens is 275 g/mol. The number of alkyl halides is 3. The second kappa shape index (κ2) is 7.67. The highest BCUT2D eigenvalue weighted by molar-refractivity contribution is 5.41. The molecule has 1 rings (SSSR count). The fourth-order valence-electron chi connectivity index (χ4n) is 1.46. The highest BCUT2D eigenvalue weighted by Gasteiger charge is 2.27. The number of ether oxygens (including phenoxy) is 1. The van der Waals surface area contributed by atoms with Crippen molar-refractivity contribution >= 4 is 5.82 Å². The van der Waals surface area contributed by atoms with Gasteiger partial charge < -0.3 is 14.7 Å². The number of anilines is 1. The summed E-state index contributed by atoms with van der Waals surface area (Å²) >= 11 is 0. The third-order valence-corrected chi connectivity index (χ3v) is 2.34. The van der Waals surface area contributed by atoms with Crippen LogP contribution in [0.25, 0.3) is 0 Å². The Bertz CT molecular complexity index is 443. The van der Waals surface area contributed by atoms with Gasteiger partial charge in [0.25, 0.3) is 0 Å². The van der Waals surface area contributed by atoms with Gasteiger partial charge in [-0.15, -0.1) is 0 Å². The smallest absolute Gasteiger partial charge is 0.395 e. The monoisotopic (exact) mass is 289 g/mol. The van der Waals surface area contributed by atoms with Crippen LogP contribution in [0.1, 0.15) is 5.56 Å². The molecule has 0 saturated heterocycles. The Labute approximate surface area is 114 Å². The van der Waals surface area contributed by atoms with Gasteiger partial charge in [0, 0.05) is 19.3 Å². The summed E-state index contributed by atoms with van der Waals surface area (Å²) in [6.45, 7) is -1.23. The molecule has 0 spiro atoms. The molecule has 1 heterocycles. The molecule has 8 heteroatoms. The number of pyridine rings is 1. The second-order valence-corrected chi connectivity index (χ2v) is 3.90. The SMILES string of the molecule is N#Cc1ccc(N(CCO)CCOCC(F)(F)F)nc1. The van der Waals surface area contributed by atoms with Crippen molar-refractivity contribution in [3.05, 3.63) is 23.9 Å². The topological polar surface area (TPSA) is 69.4 Å². The Morgan fingerprint density at radius 3 is 2.60 bits per heavy atom. The lowest BCUT2D eigenvalue weighted by molar-refractivity contribution is -0.173. The van der Waals surface area contributed by atoms with Gasteiger partial charge in [0.1, 0.15) is 18.5 Å². The molecule has 5 nitrogen and oxygen atoms in total. The lowest BCUT2D eigenvalue weighted by Gasteiger charge is -2.22. The summed E-state index contributed by atoms with van der Waals surface area (Å²) in [5, 5.41) is 17.6. The Morgan fingerprint density at radius 1 is 1.35 bits per heavy atom. The first-order valence-electron chi connectivity index (χ1n) is 5.82. The summed E-state index contributed by atoms with van der Waals surface area (Å²) in [6.07, 6.45) is -3.00. The zero-order chi connectivity index (χ0) is 15.0. The maximum atomic E-state index is 11.9. The molecule has 0 amide bonds. The van der Waals surface area contributed by atoms with Gasteiger partial charge in [0.2, 0.25) is 0 Å². The van der Waals surface area contributed by atoms with Crippen molar-refractivity contribution < 1.29 is 23.0 Å². The van der Waals surface area contributed by atoms with Crippen molar-refractivity contribution in [3.63, 3.8) is 0 Å². The van der Waals surface area contributed by atoms with Crippen molar-refractivity contribution in [2.24, 2.45) is 0 Å². The van der Waals surface area contributed by atoms with E-state index in [0.717, 1.165) is 0 Å². The van der Waals surface area contributed by atoms with Crippen molar-refractivity contribution in [2.45, 2.75) is 6.18 Å². The van der Waals surface area contributed by atoms with Crippen molar-refractivity contribution in [2.75, 3.05) is 37.8 Å². The first-order chi connectivity index (χ1) is 9.46. The van der Waals surface area contributed by atoms with Crippen LogP contribution in [0.2, 0.25) is 0 Å². The van der Waals surface area contributed by atoms with Gasteiger partial charge in [0.05, 0.1) is 18.8 Å². The van der Waals surface area contributed by atoms with Gasteiger partial charge in [-0.05, 0) is 12.1 Å². The van der Waals surface area contributed by atoms with Gasteiger partial charge in [-0.2, -0.15) is 18.4 Å². The van der Waals surface area contributed by atoms with E-state index in [9.17, 15) is 13.2 Å². The predicted molar refractivity (Wildman–Crippen MR) is 65.1 cm³/mol. The summed E-state index contributed by atoms with van der Waals surface area (Å²) in [5.74, 6) is 0.466. The quantitative estimate of drug-likeness (QED) is 0.767. The highest BCUT2D eigenvalue weighted by atomic mass is 19.4. The summed E-state index contributed by atoms with van der Waals surface area (Å²) in [6, 6.07) is 5.03. The van der Waals surface area contributed by atoms with E-state index in [1.807, 2.05) is 6.07 Å². The van der Waals surface area contributed by atoms with Crippen molar-refractivity contribution in [3.8, 4) is 6.07 Å². The second-order valence-electron chi connectivity index (χ2n) is 3.90. The average molecular weight is 289 g/mol. The number of aliphatic hydroxyl groups excluding tert-OH is 1. The van der Waals surface area contributed by atoms with Crippen LogP contribution in [0.4, 0.5) is 19.0 Å². The average Bonchev–Trinajstić information content (AvgIpc) is 2.41. The number of nitrogens with zero attached hydrogens (tertiary/aromatic N) is 3. The Hall–Kier alpha value is -1.85. The van der Waals surface area contributed by atoms with E-state index in [0.29, 0.717) is 11.4 Å². The normalized spacial score (nSPS) is 11.2. The van der Waals surface area contributed by atoms with Crippen molar-refractivity contribution in [1.82, 2.24) is 4.98 Å². The zero-order valence-electron chi connectivity index (χ0n) is 10.6. The molecule has 0 fully saturated rings. The van der Waals surface area contributed by atoms with Crippen LogP contribution in [0.15, 0.2) is 18.3 Å². The number of hydrogen-bond donors (Lipinski definition) is 1. The maximum absolute atomic E-state index is 11.9. The van der Waals surface area contributed by atoms with Crippen LogP contribution in [-0.4, -0.2) is 49.2 Å². The number of aromatic nitrogens is 1. The molecular formula is C12H14F3N3O2. The minimum atomic E-state index is -4.35. The van der Waals surface area contributed by atoms with E-state index in [-0.39, 0.29) is 26.3 Å². The Morgan fingerprint density at radius 2 is 2.10 bits per heavy atom. The van der Waals surface area contributed by atoms with Gasteiger partial charge >= 0.3 is 6.18 Å². The first kappa shape index (κ1) is 16.2. The van der Waals surface area contributed by atoms with Crippen LogP contribution in [0.3, 0.4) is 0 Å². The molecule has 0 aliphatic heterocycles. The minimum absolute atomic E-state index is 0.138. The van der Waals surface area contributed by atoms with Gasteiger partial charge in [-0.1, -0.05) is 0 Å². The largest absolute Gasteiger partial charge is 0.411 e. The molecule has 0 aliphatic rings. The predicted octanol–water partition coefficient (Wildman–Crippen LogP) is 1.33. The van der Waals surface area contributed by atoms with Gasteiger partial charge in [-0.3, -0.25) is 0 Å². The summed E-state index contributed by atoms with van der Waals surface area (Å²) < 4.78 is 40.3. The van der Waals surface area contributed by atoms with Crippen LogP contribution in [0.5, 0.6) is 0 Å². The molecule has 20 heavy (non-hydrogen) atoms. The lowest BCUT2D eigenvalue weighted by atomic mass is 10.3. The molecule has 0 unspecified atom stereocenters. The molecule has 1 aromatic rings. The molecule has 110 valence electrons. The van der Waals surface area contributed by atoms with E-state index in [2.05, 4.69) is 9.72 Å². The molecule has 0 saturated carbocycles. The van der Waals surface area contributed by atoms with Crippen LogP contribution < -0.4 is 4.90 Å². The van der Waals surface area contributed by atoms with Gasteiger partial charge in [-0.25, -0.2) is 4.98 Å². The maximum Gasteiger partial charge on any atom is 0.411 e. The highest BCUT2D eigenvalue weighted by Crippen LogP contribution is 2.15. The van der Waals surface area contributed by atoms with E-state index in [1.54, 1.807) is 17.0 Å². The third kappa shape index (κ3) is 5.86. The molecule has 1 aromatic heterocycles. The number of nitriles is 1. The van der Waals surface area contributed by atoms with E-state index >= 15 is 0 Å². The number of halogens is 3. The molecule has 0 aliphatic carbocycles. The molecule has 0 bridgehead atoms. The number of hydrogen-bond acceptors (Lipinski definition) is 5. The fourth-order valence-corrected chi connectivity index (χ4v) is 1.46. The molecule has 0 radical (unpaired) electrons. The van der Waals surface area contributed by atoms with Gasteiger partial charge in [0.15, 0.2) is 0 Å². The Kier molecular flexibility index (Phi) is 6.21. The van der Waals surface area contributed by atoms with Crippen molar-refractivity contribution in [1.29, 1.82) is 5.26 Å². The van der Waals surface area contributed by atoms with Crippen LogP contribution in [-0.2, 0) is 4.74 Å². The summed E-state index contributed by atoms with van der Waals surface area (Å²) in [7, 11) is 0. The zero-order valence-corrected chi connectivity index (χ0v) is 10.6. The Balaban J connectivity index is 2.53. The van der Waals surface area contributed by atoms with E-state index in [1.165, 1.54) is 6.20 Å². The molecule has 1 N–H and O–H groups in total. The van der Waals surface area contributed by atoms with Crippen LogP contribution in [0, 0.1) is 11.3 Å². The van der Waals surface area contributed by atoms with E-state index in [4.69, 9.17) is 10.4 Å². The van der Waals surface area contributed by atoms with Crippen LogP contribution >= 0.6 is 0 Å². The summed E-state index contributed by atoms with van der Waals surface area (Å²) in [5.41, 5.74) is 0.381. The minimum Gasteiger partial charge on any atom is -0.395 e. The first-order valence-corrected chi connectivity index (χ1v) is 5.82. The fraction of sp³-hybridized carbons (Fsp3) is 0.500. The number of rotatable bonds is 7. The summed E-state index contributed by atoms with van der Waals surface area (Å²) in [4.78, 5) is 5.59.